The Balaban J connectivity index is 1.41. The van der Waals surface area contributed by atoms with Crippen molar-refractivity contribution in [1.29, 1.82) is 0 Å². The van der Waals surface area contributed by atoms with Gasteiger partial charge in [-0.3, -0.25) is 9.05 Å². The van der Waals surface area contributed by atoms with Crippen LogP contribution < -0.4 is 11.5 Å². The van der Waals surface area contributed by atoms with Crippen LogP contribution in [0.1, 0.15) is 18.6 Å². The minimum absolute atomic E-state index is 0.0452. The number of hydrogen-bond acceptors (Lipinski definition) is 18. The maximum absolute atomic E-state index is 12.8. The van der Waals surface area contributed by atoms with Gasteiger partial charge in [0.05, 0.1) is 25.5 Å². The molecular weight excluding hydrogens is 618 g/mol. The number of aliphatic hydroxyl groups excluding tert-OH is 5. The first kappa shape index (κ1) is 32.6. The molecule has 2 saturated heterocycles. The maximum atomic E-state index is 12.8. The van der Waals surface area contributed by atoms with Crippen LogP contribution in [0.3, 0.4) is 0 Å². The summed E-state index contributed by atoms with van der Waals surface area (Å²) in [5.74, 6) is 0.0452. The van der Waals surface area contributed by atoms with Crippen molar-refractivity contribution in [1.82, 2.24) is 9.97 Å². The first-order chi connectivity index (χ1) is 19.0. The minimum Gasteiger partial charge on any atom is -0.458 e. The highest BCUT2D eigenvalue weighted by molar-refractivity contribution is 8.45. The molecule has 4 rings (SSSR count). The van der Waals surface area contributed by atoms with Crippen molar-refractivity contribution in [2.75, 3.05) is 18.9 Å². The number of anilines is 1. The summed E-state index contributed by atoms with van der Waals surface area (Å²) in [5.41, 5.74) is 10.8. The van der Waals surface area contributed by atoms with Crippen LogP contribution in [0.2, 0.25) is 0 Å². The number of phosphoric ester groups is 1. The van der Waals surface area contributed by atoms with Gasteiger partial charge in [-0.1, -0.05) is 12.2 Å². The topological polar surface area (TPSA) is 313 Å². The standard InChI is InChI=1S/C19H30N4O15P2S/c1-19(29)15(20)8(35-16(19)6-3-33-14-9(6)22-5-23-17(14)21)4-34-40(32,41)38-39(30,31)37-18-12(28)10(26)11(27)13(36-18)7(25)2-24/h3,5,7-8,10-13,15-16,18,24-29H,2,4,20H2,1H3,(H,30,31)(H,32,41)(H2,21,22,23)/t7-,8+,10?,11?,12?,13?,15+,16-,18?,19+,40?/m0/s1. The molecule has 2 aliphatic rings. The number of phosphoric acid groups is 1. The molecule has 2 aliphatic heterocycles. The smallest absolute Gasteiger partial charge is 0.458 e. The maximum Gasteiger partial charge on any atom is 0.482 e. The van der Waals surface area contributed by atoms with Gasteiger partial charge in [0, 0.05) is 5.56 Å². The van der Waals surface area contributed by atoms with Crippen LogP contribution in [0, 0.1) is 0 Å². The lowest BCUT2D eigenvalue weighted by Gasteiger charge is -2.41. The van der Waals surface area contributed by atoms with Crippen LogP contribution in [-0.2, 0) is 32.0 Å². The quantitative estimate of drug-likeness (QED) is 0.0954. The molecule has 2 aromatic heterocycles. The highest BCUT2D eigenvalue weighted by Gasteiger charge is 2.54. The van der Waals surface area contributed by atoms with Gasteiger partial charge in [0.2, 0.25) is 0 Å². The van der Waals surface area contributed by atoms with Crippen LogP contribution in [-0.4, -0.2) is 113 Å². The third-order valence-electron chi connectivity index (χ3n) is 6.63. The number of nitrogens with two attached hydrogens (primary N) is 2. The number of aromatic nitrogens is 2. The fraction of sp³-hybridized carbons (Fsp3) is 0.684. The predicted molar refractivity (Wildman–Crippen MR) is 137 cm³/mol. The highest BCUT2D eigenvalue weighted by atomic mass is 32.7. The number of nitrogen functional groups attached to an aromatic ring is 1. The molecule has 41 heavy (non-hydrogen) atoms. The van der Waals surface area contributed by atoms with E-state index in [0.717, 1.165) is 0 Å². The van der Waals surface area contributed by atoms with Crippen molar-refractivity contribution in [3.63, 3.8) is 0 Å². The summed E-state index contributed by atoms with van der Waals surface area (Å²) in [4.78, 5) is 18.0. The van der Waals surface area contributed by atoms with E-state index in [-0.39, 0.29) is 22.5 Å². The Hall–Kier alpha value is -1.29. The molecule has 0 aliphatic carbocycles. The van der Waals surface area contributed by atoms with Gasteiger partial charge in [0.25, 0.3) is 0 Å². The molecule has 2 aromatic rings. The molecule has 0 spiro atoms. The molecule has 12 atom stereocenters. The molecule has 2 fully saturated rings. The molecule has 4 heterocycles. The van der Waals surface area contributed by atoms with Crippen molar-refractivity contribution in [2.45, 2.75) is 67.6 Å². The number of thiol groups is 1. The zero-order valence-electron chi connectivity index (χ0n) is 21.1. The highest BCUT2D eigenvalue weighted by Crippen LogP contribution is 2.66. The number of nitrogens with zero attached hydrogens (tertiary/aromatic N) is 2. The third-order valence-corrected chi connectivity index (χ3v) is 10.2. The lowest BCUT2D eigenvalue weighted by atomic mass is 9.88. The van der Waals surface area contributed by atoms with Crippen molar-refractivity contribution in [3.05, 3.63) is 18.2 Å². The van der Waals surface area contributed by atoms with E-state index in [1.807, 2.05) is 0 Å². The zero-order chi connectivity index (χ0) is 30.5. The van der Waals surface area contributed by atoms with Crippen LogP contribution >= 0.6 is 26.9 Å². The zero-order valence-corrected chi connectivity index (χ0v) is 23.7. The van der Waals surface area contributed by atoms with Gasteiger partial charge in [0.15, 0.2) is 17.7 Å². The molecule has 0 amide bonds. The molecule has 19 nitrogen and oxygen atoms in total. The fourth-order valence-electron chi connectivity index (χ4n) is 4.41. The minimum atomic E-state index is -5.46. The van der Waals surface area contributed by atoms with E-state index in [1.165, 1.54) is 19.5 Å². The monoisotopic (exact) mass is 648 g/mol. The Morgan fingerprint density at radius 3 is 2.54 bits per heavy atom. The van der Waals surface area contributed by atoms with Gasteiger partial charge in [0.1, 0.15) is 60.2 Å². The number of hydrogen-bond donors (Lipinski definition) is 10. The summed E-state index contributed by atoms with van der Waals surface area (Å²) in [7, 11) is -5.46. The summed E-state index contributed by atoms with van der Waals surface area (Å²) in [5, 5.41) is 59.9. The molecular formula is C19H30N4O15P2S. The Bertz CT molecular complexity index is 1330. The fourth-order valence-corrected chi connectivity index (χ4v) is 7.60. The summed E-state index contributed by atoms with van der Waals surface area (Å²) in [6.07, 6.45) is -11.7. The first-order valence-electron chi connectivity index (χ1n) is 11.8. The molecule has 11 N–H and O–H groups in total. The lowest BCUT2D eigenvalue weighted by Crippen LogP contribution is -2.61. The van der Waals surface area contributed by atoms with Gasteiger partial charge in [-0.15, -0.1) is 0 Å². The average Bonchev–Trinajstić information content (AvgIpc) is 3.41. The van der Waals surface area contributed by atoms with E-state index in [0.29, 0.717) is 0 Å². The second kappa shape index (κ2) is 12.0. The summed E-state index contributed by atoms with van der Waals surface area (Å²) >= 11 is 3.63. The number of aliphatic hydroxyl groups is 6. The molecule has 232 valence electrons. The SMILES string of the molecule is C[C@@]1(O)[C@H](N)[C@@H](COP(=O)(S)OP(=O)(O)OC2OC([C@@H](O)CO)C(O)C(O)C2O)O[C@H]1c1coc2c(N)ncnc12. The number of furan rings is 1. The van der Waals surface area contributed by atoms with Gasteiger partial charge < -0.3 is 60.9 Å². The van der Waals surface area contributed by atoms with E-state index in [4.69, 9.17) is 35.0 Å². The normalized spacial score (nSPS) is 38.0. The van der Waals surface area contributed by atoms with Crippen LogP contribution in [0.15, 0.2) is 17.0 Å². The van der Waals surface area contributed by atoms with E-state index >= 15 is 0 Å². The molecule has 0 radical (unpaired) electrons. The Morgan fingerprint density at radius 2 is 1.88 bits per heavy atom. The van der Waals surface area contributed by atoms with E-state index in [9.17, 15) is 39.6 Å². The Labute approximate surface area is 236 Å². The molecule has 0 aromatic carbocycles. The number of ether oxygens (including phenoxy) is 2. The third kappa shape index (κ3) is 6.63. The van der Waals surface area contributed by atoms with Crippen molar-refractivity contribution >= 4 is 43.8 Å². The van der Waals surface area contributed by atoms with Crippen LogP contribution in [0.25, 0.3) is 11.1 Å². The second-order valence-electron chi connectivity index (χ2n) is 9.54. The first-order valence-corrected chi connectivity index (χ1v) is 16.0. The van der Waals surface area contributed by atoms with Crippen LogP contribution in [0.4, 0.5) is 5.82 Å². The van der Waals surface area contributed by atoms with Gasteiger partial charge in [-0.25, -0.2) is 19.1 Å². The predicted octanol–water partition coefficient (Wildman–Crippen LogP) is -2.33. The molecule has 22 heteroatoms. The largest absolute Gasteiger partial charge is 0.482 e. The van der Waals surface area contributed by atoms with Gasteiger partial charge >= 0.3 is 14.6 Å². The lowest BCUT2D eigenvalue weighted by molar-refractivity contribution is -0.292. The average molecular weight is 648 g/mol. The Kier molecular flexibility index (Phi) is 9.55. The molecule has 7 unspecified atom stereocenters. The molecule has 0 saturated carbocycles. The number of fused-ring (bicyclic) bond motifs is 1. The van der Waals surface area contributed by atoms with Crippen molar-refractivity contribution in [3.8, 4) is 0 Å². The van der Waals surface area contributed by atoms with Crippen molar-refractivity contribution < 1.29 is 71.9 Å². The van der Waals surface area contributed by atoms with Crippen molar-refractivity contribution in [2.24, 2.45) is 5.73 Å². The number of rotatable bonds is 10. The van der Waals surface area contributed by atoms with E-state index < -0.39 is 88.5 Å². The van der Waals surface area contributed by atoms with E-state index in [1.54, 1.807) is 0 Å². The van der Waals surface area contributed by atoms with E-state index in [2.05, 4.69) is 31.1 Å². The van der Waals surface area contributed by atoms with Gasteiger partial charge in [-0.05, 0) is 6.92 Å². The van der Waals surface area contributed by atoms with Gasteiger partial charge in [-0.2, -0.15) is 4.31 Å². The molecule has 0 bridgehead atoms. The summed E-state index contributed by atoms with van der Waals surface area (Å²) < 4.78 is 55.7. The van der Waals surface area contributed by atoms with Crippen LogP contribution in [0.5, 0.6) is 0 Å². The summed E-state index contributed by atoms with van der Waals surface area (Å²) in [6.45, 7) is -5.03. The Morgan fingerprint density at radius 1 is 1.20 bits per heavy atom. The second-order valence-corrected chi connectivity index (χ2v) is 14.0. The summed E-state index contributed by atoms with van der Waals surface area (Å²) in [6, 6.07) is -1.17.